The largest absolute Gasteiger partial charge is 0.480 e. The third kappa shape index (κ3) is 42.1. The quantitative estimate of drug-likeness (QED) is 0.0320. The Balaban J connectivity index is 4.07. The molecular weight excluding hydrogens is 709 g/mol. The van der Waals surface area contributed by atoms with Crippen LogP contribution >= 0.6 is 0 Å². The van der Waals surface area contributed by atoms with E-state index in [0.29, 0.717) is 38.6 Å². The number of carboxylic acid groups (broad SMARTS) is 1. The van der Waals surface area contributed by atoms with Crippen LogP contribution in [0.15, 0.2) is 12.2 Å². The zero-order valence-corrected chi connectivity index (χ0v) is 38.0. The Labute approximate surface area is 353 Å². The van der Waals surface area contributed by atoms with E-state index in [2.05, 4.69) is 31.3 Å². The molecule has 0 aliphatic rings. The number of aliphatic carboxylic acids is 1. The van der Waals surface area contributed by atoms with Gasteiger partial charge in [-0.2, -0.15) is 0 Å². The second-order valence-corrected chi connectivity index (χ2v) is 17.2. The van der Waals surface area contributed by atoms with E-state index in [4.69, 9.17) is 10.5 Å². The van der Waals surface area contributed by atoms with Crippen LogP contribution in [0.5, 0.6) is 0 Å². The summed E-state index contributed by atoms with van der Waals surface area (Å²) < 4.78 is 5.96. The van der Waals surface area contributed by atoms with E-state index in [9.17, 15) is 19.5 Å². The smallest absolute Gasteiger partial charge is 0.326 e. The van der Waals surface area contributed by atoms with Crippen LogP contribution in [0.2, 0.25) is 0 Å². The first-order chi connectivity index (χ1) is 27.9. The van der Waals surface area contributed by atoms with Crippen molar-refractivity contribution in [2.24, 2.45) is 5.73 Å². The zero-order valence-electron chi connectivity index (χ0n) is 38.0. The lowest BCUT2D eigenvalue weighted by Gasteiger charge is -2.15. The number of nitrogens with two attached hydrogens (primary N) is 1. The number of carboxylic acids is 1. The fourth-order valence-electron chi connectivity index (χ4n) is 7.77. The number of hydrogen-bond acceptors (Lipinski definition) is 5. The highest BCUT2D eigenvalue weighted by Crippen LogP contribution is 2.18. The van der Waals surface area contributed by atoms with Crippen LogP contribution in [0.25, 0.3) is 0 Å². The summed E-state index contributed by atoms with van der Waals surface area (Å²) in [5, 5.41) is 12.0. The SMILES string of the molecule is CCCCCCCCC/C=C\C(CCCCCCC(=O)NC(CCCN)C(=O)O)OC(=O)CCCCCCCCCCCCCCCCCCCCCCCCC. The maximum atomic E-state index is 12.8. The summed E-state index contributed by atoms with van der Waals surface area (Å²) in [6, 6.07) is -0.868. The van der Waals surface area contributed by atoms with E-state index in [0.717, 1.165) is 44.9 Å². The Kier molecular flexibility index (Phi) is 43.7. The van der Waals surface area contributed by atoms with Crippen molar-refractivity contribution in [2.75, 3.05) is 6.54 Å². The molecule has 1 amide bonds. The summed E-state index contributed by atoms with van der Waals surface area (Å²) in [6.45, 7) is 4.95. The van der Waals surface area contributed by atoms with E-state index in [1.54, 1.807) is 0 Å². The van der Waals surface area contributed by atoms with Crippen LogP contribution in [0.4, 0.5) is 0 Å². The van der Waals surface area contributed by atoms with Crippen molar-refractivity contribution in [1.29, 1.82) is 0 Å². The molecule has 7 nitrogen and oxygen atoms in total. The molecule has 0 radical (unpaired) electrons. The van der Waals surface area contributed by atoms with Crippen molar-refractivity contribution < 1.29 is 24.2 Å². The number of hydrogen-bond donors (Lipinski definition) is 3. The summed E-state index contributed by atoms with van der Waals surface area (Å²) in [5.74, 6) is -1.31. The van der Waals surface area contributed by atoms with Gasteiger partial charge in [-0.05, 0) is 64.0 Å². The lowest BCUT2D eigenvalue weighted by molar-refractivity contribution is -0.147. The normalized spacial score (nSPS) is 12.6. The number of ether oxygens (including phenoxy) is 1. The Morgan fingerprint density at radius 3 is 1.32 bits per heavy atom. The molecule has 0 saturated carbocycles. The third-order valence-electron chi connectivity index (χ3n) is 11.6. The van der Waals surface area contributed by atoms with Gasteiger partial charge in [-0.3, -0.25) is 9.59 Å². The minimum atomic E-state index is -1.01. The van der Waals surface area contributed by atoms with Crippen LogP contribution < -0.4 is 11.1 Å². The summed E-state index contributed by atoms with van der Waals surface area (Å²) in [7, 11) is 0. The highest BCUT2D eigenvalue weighted by atomic mass is 16.5. The molecule has 2 atom stereocenters. The van der Waals surface area contributed by atoms with Crippen LogP contribution in [-0.2, 0) is 19.1 Å². The topological polar surface area (TPSA) is 119 Å². The lowest BCUT2D eigenvalue weighted by Crippen LogP contribution is -2.40. The summed E-state index contributed by atoms with van der Waals surface area (Å²) in [6.07, 6.45) is 51.5. The van der Waals surface area contributed by atoms with Gasteiger partial charge in [0.1, 0.15) is 12.1 Å². The van der Waals surface area contributed by atoms with Gasteiger partial charge in [0.2, 0.25) is 5.91 Å². The van der Waals surface area contributed by atoms with Gasteiger partial charge in [-0.15, -0.1) is 0 Å². The number of unbranched alkanes of at least 4 members (excludes halogenated alkanes) is 32. The molecule has 0 fully saturated rings. The monoisotopic (exact) mass is 805 g/mol. The maximum Gasteiger partial charge on any atom is 0.326 e. The van der Waals surface area contributed by atoms with Crippen LogP contribution in [-0.4, -0.2) is 41.6 Å². The molecule has 0 aliphatic heterocycles. The maximum absolute atomic E-state index is 12.8. The van der Waals surface area contributed by atoms with Crippen LogP contribution in [0, 0.1) is 0 Å². The van der Waals surface area contributed by atoms with E-state index in [1.807, 2.05) is 0 Å². The molecule has 0 aromatic rings. The van der Waals surface area contributed by atoms with E-state index < -0.39 is 12.0 Å². The number of carbonyl (C=O) groups excluding carboxylic acids is 2. The first-order valence-corrected chi connectivity index (χ1v) is 25.0. The molecule has 57 heavy (non-hydrogen) atoms. The fraction of sp³-hybridized carbons (Fsp3) is 0.900. The Morgan fingerprint density at radius 1 is 0.509 bits per heavy atom. The van der Waals surface area contributed by atoms with Gasteiger partial charge in [-0.1, -0.05) is 213 Å². The van der Waals surface area contributed by atoms with Gasteiger partial charge < -0.3 is 20.9 Å². The minimum Gasteiger partial charge on any atom is -0.480 e. The highest BCUT2D eigenvalue weighted by molar-refractivity contribution is 5.83. The highest BCUT2D eigenvalue weighted by Gasteiger charge is 2.19. The average molecular weight is 805 g/mol. The molecule has 0 rings (SSSR count). The molecule has 7 heteroatoms. The average Bonchev–Trinajstić information content (AvgIpc) is 3.20. The zero-order chi connectivity index (χ0) is 41.7. The lowest BCUT2D eigenvalue weighted by atomic mass is 10.0. The molecular formula is C50H96N2O5. The van der Waals surface area contributed by atoms with E-state index in [-0.39, 0.29) is 18.0 Å². The first-order valence-electron chi connectivity index (χ1n) is 25.0. The van der Waals surface area contributed by atoms with Gasteiger partial charge in [0.15, 0.2) is 0 Å². The van der Waals surface area contributed by atoms with Crippen molar-refractivity contribution >= 4 is 17.8 Å². The predicted octanol–water partition coefficient (Wildman–Crippen LogP) is 14.6. The Morgan fingerprint density at radius 2 is 0.895 bits per heavy atom. The van der Waals surface area contributed by atoms with Crippen molar-refractivity contribution in [1.82, 2.24) is 5.32 Å². The number of amides is 1. The van der Waals surface area contributed by atoms with Crippen molar-refractivity contribution in [3.05, 3.63) is 12.2 Å². The van der Waals surface area contributed by atoms with E-state index >= 15 is 0 Å². The molecule has 0 saturated heterocycles. The molecule has 336 valence electrons. The molecule has 0 aromatic heterocycles. The molecule has 0 aliphatic carbocycles. The standard InChI is InChI=1S/C50H96N2O5/c1-3-5-7-9-11-13-14-15-16-17-18-19-20-21-22-23-24-25-26-28-30-32-38-44-49(54)57-46(40-35-31-29-27-12-10-8-6-4-2)41-36-33-34-37-43-48(53)52-47(50(55)56)42-39-45-51/h35,40,46-47H,3-34,36-39,41-45,51H2,1-2H3,(H,52,53)(H,55,56)/b40-35-. The van der Waals surface area contributed by atoms with Crippen molar-refractivity contribution in [3.63, 3.8) is 0 Å². The van der Waals surface area contributed by atoms with Crippen molar-refractivity contribution in [2.45, 2.75) is 283 Å². The predicted molar refractivity (Wildman–Crippen MR) is 244 cm³/mol. The van der Waals surface area contributed by atoms with Crippen LogP contribution in [0.3, 0.4) is 0 Å². The van der Waals surface area contributed by atoms with Gasteiger partial charge in [-0.25, -0.2) is 4.79 Å². The molecule has 0 aromatic carbocycles. The number of nitrogens with one attached hydrogen (secondary N) is 1. The third-order valence-corrected chi connectivity index (χ3v) is 11.6. The molecule has 0 bridgehead atoms. The van der Waals surface area contributed by atoms with Crippen LogP contribution in [0.1, 0.15) is 271 Å². The summed E-state index contributed by atoms with van der Waals surface area (Å²) in [5.41, 5.74) is 5.49. The van der Waals surface area contributed by atoms with Gasteiger partial charge in [0, 0.05) is 12.8 Å². The number of carbonyl (C=O) groups is 3. The fourth-order valence-corrected chi connectivity index (χ4v) is 7.77. The second kappa shape index (κ2) is 45.2. The summed E-state index contributed by atoms with van der Waals surface area (Å²) in [4.78, 5) is 36.4. The Hall–Kier alpha value is -1.89. The number of rotatable bonds is 46. The Bertz CT molecular complexity index is 909. The molecule has 0 heterocycles. The van der Waals surface area contributed by atoms with Gasteiger partial charge >= 0.3 is 11.9 Å². The number of allylic oxidation sites excluding steroid dienone is 1. The number of esters is 1. The second-order valence-electron chi connectivity index (χ2n) is 17.2. The summed E-state index contributed by atoms with van der Waals surface area (Å²) >= 11 is 0. The van der Waals surface area contributed by atoms with Gasteiger partial charge in [0.25, 0.3) is 0 Å². The van der Waals surface area contributed by atoms with Crippen molar-refractivity contribution in [3.8, 4) is 0 Å². The molecule has 2 unspecified atom stereocenters. The van der Waals surface area contributed by atoms with Gasteiger partial charge in [0.05, 0.1) is 0 Å². The minimum absolute atomic E-state index is 0.0802. The molecule has 4 N–H and O–H groups in total. The molecule has 0 spiro atoms. The van der Waals surface area contributed by atoms with E-state index in [1.165, 1.54) is 180 Å². The first kappa shape index (κ1) is 55.1.